The topological polar surface area (TPSA) is 84.2 Å². The van der Waals surface area contributed by atoms with E-state index in [2.05, 4.69) is 10.3 Å². The number of hydrogen-bond donors (Lipinski definition) is 2. The standard InChI is InChI=1S/C23H20N3O3P/c27-22(17-18-7-3-1-4-8-18)25-19-11-13-20(14-12-19)26-16-15-24-23(26)30(28,29)21-9-5-2-6-10-21/h1-16H,17H2,(H,25,27)(H,28,29). The third kappa shape index (κ3) is 4.25. The molecule has 0 bridgehead atoms. The van der Waals surface area contributed by atoms with E-state index in [1.54, 1.807) is 65.4 Å². The summed E-state index contributed by atoms with van der Waals surface area (Å²) in [5, 5.41) is 3.19. The van der Waals surface area contributed by atoms with Crippen LogP contribution in [0, 0.1) is 0 Å². The molecule has 30 heavy (non-hydrogen) atoms. The van der Waals surface area contributed by atoms with Gasteiger partial charge in [0.15, 0.2) is 0 Å². The highest BCUT2D eigenvalue weighted by Gasteiger charge is 2.29. The van der Waals surface area contributed by atoms with Crippen LogP contribution in [0.25, 0.3) is 5.69 Å². The second-order valence-electron chi connectivity index (χ2n) is 6.77. The lowest BCUT2D eigenvalue weighted by atomic mass is 10.1. The van der Waals surface area contributed by atoms with Crippen molar-refractivity contribution in [1.29, 1.82) is 0 Å². The van der Waals surface area contributed by atoms with Crippen LogP contribution >= 0.6 is 7.37 Å². The molecule has 4 rings (SSSR count). The predicted molar refractivity (Wildman–Crippen MR) is 118 cm³/mol. The SMILES string of the molecule is O=C(Cc1ccccc1)Nc1ccc(-n2ccnc2P(=O)(O)c2ccccc2)cc1. The fraction of sp³-hybridized carbons (Fsp3) is 0.0435. The van der Waals surface area contributed by atoms with Crippen molar-refractivity contribution >= 4 is 29.8 Å². The molecule has 1 unspecified atom stereocenters. The molecule has 0 saturated heterocycles. The highest BCUT2D eigenvalue weighted by molar-refractivity contribution is 7.73. The highest BCUT2D eigenvalue weighted by Crippen LogP contribution is 2.37. The van der Waals surface area contributed by atoms with Crippen LogP contribution in [0.1, 0.15) is 5.56 Å². The number of hydrogen-bond acceptors (Lipinski definition) is 3. The van der Waals surface area contributed by atoms with E-state index in [1.807, 2.05) is 30.3 Å². The predicted octanol–water partition coefficient (Wildman–Crippen LogP) is 3.27. The number of amides is 1. The summed E-state index contributed by atoms with van der Waals surface area (Å²) in [7, 11) is -3.84. The summed E-state index contributed by atoms with van der Waals surface area (Å²) in [6, 6.07) is 25.0. The van der Waals surface area contributed by atoms with Gasteiger partial charge in [0, 0.05) is 29.1 Å². The third-order valence-corrected chi connectivity index (χ3v) is 6.51. The number of imidazole rings is 1. The van der Waals surface area contributed by atoms with Crippen LogP contribution in [-0.2, 0) is 15.8 Å². The summed E-state index contributed by atoms with van der Waals surface area (Å²) in [6.45, 7) is 0. The van der Waals surface area contributed by atoms with Crippen molar-refractivity contribution in [2.45, 2.75) is 6.42 Å². The van der Waals surface area contributed by atoms with E-state index >= 15 is 0 Å². The van der Waals surface area contributed by atoms with Gasteiger partial charge in [-0.2, -0.15) is 0 Å². The van der Waals surface area contributed by atoms with Gasteiger partial charge in [-0.1, -0.05) is 48.5 Å². The first-order valence-electron chi connectivity index (χ1n) is 9.40. The zero-order chi connectivity index (χ0) is 21.0. The molecule has 0 fully saturated rings. The summed E-state index contributed by atoms with van der Waals surface area (Å²) in [4.78, 5) is 27.1. The molecule has 0 aliphatic rings. The number of nitrogens with one attached hydrogen (secondary N) is 1. The zero-order valence-electron chi connectivity index (χ0n) is 16.1. The number of aromatic nitrogens is 2. The molecule has 150 valence electrons. The van der Waals surface area contributed by atoms with Gasteiger partial charge in [-0.05, 0) is 42.0 Å². The number of rotatable bonds is 6. The molecule has 1 amide bonds. The number of carbonyl (C=O) groups is 1. The number of nitrogens with zero attached hydrogens (tertiary/aromatic N) is 2. The molecule has 1 heterocycles. The van der Waals surface area contributed by atoms with Gasteiger partial charge in [-0.15, -0.1) is 0 Å². The van der Waals surface area contributed by atoms with Gasteiger partial charge in [0.1, 0.15) is 0 Å². The van der Waals surface area contributed by atoms with E-state index in [0.717, 1.165) is 5.56 Å². The van der Waals surface area contributed by atoms with Crippen molar-refractivity contribution in [1.82, 2.24) is 9.55 Å². The van der Waals surface area contributed by atoms with Crippen molar-refractivity contribution in [3.63, 3.8) is 0 Å². The van der Waals surface area contributed by atoms with Crippen LogP contribution in [0.5, 0.6) is 0 Å². The Morgan fingerprint density at radius 2 is 1.57 bits per heavy atom. The van der Waals surface area contributed by atoms with E-state index in [0.29, 0.717) is 23.1 Å². The molecule has 2 N–H and O–H groups in total. The second-order valence-corrected chi connectivity index (χ2v) is 8.83. The first-order valence-corrected chi connectivity index (χ1v) is 11.1. The van der Waals surface area contributed by atoms with Crippen molar-refractivity contribution in [3.8, 4) is 5.69 Å². The Balaban J connectivity index is 1.52. The Labute approximate surface area is 174 Å². The Hall–Kier alpha value is -3.47. The fourth-order valence-electron chi connectivity index (χ4n) is 3.16. The number of benzene rings is 3. The van der Waals surface area contributed by atoms with Gasteiger partial charge < -0.3 is 10.2 Å². The first-order chi connectivity index (χ1) is 14.5. The lowest BCUT2D eigenvalue weighted by Crippen LogP contribution is -2.24. The molecule has 0 saturated carbocycles. The van der Waals surface area contributed by atoms with E-state index in [1.165, 1.54) is 6.20 Å². The van der Waals surface area contributed by atoms with E-state index < -0.39 is 7.37 Å². The molecule has 1 atom stereocenters. The second kappa shape index (κ2) is 8.49. The highest BCUT2D eigenvalue weighted by atomic mass is 31.2. The average Bonchev–Trinajstić information content (AvgIpc) is 3.26. The van der Waals surface area contributed by atoms with Gasteiger partial charge in [-0.25, -0.2) is 4.98 Å². The maximum Gasteiger partial charge on any atom is 0.293 e. The molecule has 0 aliphatic heterocycles. The van der Waals surface area contributed by atoms with E-state index in [4.69, 9.17) is 0 Å². The quantitative estimate of drug-likeness (QED) is 0.472. The van der Waals surface area contributed by atoms with Gasteiger partial charge in [0.25, 0.3) is 7.37 Å². The molecular formula is C23H20N3O3P. The minimum Gasteiger partial charge on any atom is -0.336 e. The van der Waals surface area contributed by atoms with Crippen molar-refractivity contribution in [3.05, 3.63) is 103 Å². The summed E-state index contributed by atoms with van der Waals surface area (Å²) in [5.41, 5.74) is 2.34. The molecule has 6 nitrogen and oxygen atoms in total. The summed E-state index contributed by atoms with van der Waals surface area (Å²) < 4.78 is 14.7. The maximum atomic E-state index is 13.1. The van der Waals surface area contributed by atoms with Crippen molar-refractivity contribution in [2.24, 2.45) is 0 Å². The van der Waals surface area contributed by atoms with Gasteiger partial charge >= 0.3 is 0 Å². The monoisotopic (exact) mass is 417 g/mol. The summed E-state index contributed by atoms with van der Waals surface area (Å²) >= 11 is 0. The molecule has 1 aromatic heterocycles. The Kier molecular flexibility index (Phi) is 5.61. The van der Waals surface area contributed by atoms with E-state index in [9.17, 15) is 14.3 Å². The normalized spacial score (nSPS) is 12.8. The summed E-state index contributed by atoms with van der Waals surface area (Å²) in [6.07, 6.45) is 3.43. The summed E-state index contributed by atoms with van der Waals surface area (Å²) in [5.74, 6) is -0.110. The maximum absolute atomic E-state index is 13.1. The van der Waals surface area contributed by atoms with Crippen LogP contribution in [0.4, 0.5) is 5.69 Å². The van der Waals surface area contributed by atoms with Crippen LogP contribution < -0.4 is 16.2 Å². The zero-order valence-corrected chi connectivity index (χ0v) is 16.9. The van der Waals surface area contributed by atoms with Gasteiger partial charge in [-0.3, -0.25) is 13.9 Å². The fourth-order valence-corrected chi connectivity index (χ4v) is 4.66. The molecule has 0 radical (unpaired) electrons. The lowest BCUT2D eigenvalue weighted by molar-refractivity contribution is -0.115. The van der Waals surface area contributed by atoms with Gasteiger partial charge in [0.05, 0.1) is 6.42 Å². The molecule has 4 aromatic rings. The molecule has 0 spiro atoms. The van der Waals surface area contributed by atoms with E-state index in [-0.39, 0.29) is 11.5 Å². The first kappa shape index (κ1) is 19.8. The molecule has 3 aromatic carbocycles. The van der Waals surface area contributed by atoms with Crippen LogP contribution in [0.15, 0.2) is 97.3 Å². The lowest BCUT2D eigenvalue weighted by Gasteiger charge is -2.14. The average molecular weight is 417 g/mol. The Bertz CT molecular complexity index is 1190. The Morgan fingerprint density at radius 1 is 0.933 bits per heavy atom. The number of carbonyl (C=O) groups excluding carboxylic acids is 1. The molecule has 0 aliphatic carbocycles. The van der Waals surface area contributed by atoms with Crippen LogP contribution in [0.3, 0.4) is 0 Å². The largest absolute Gasteiger partial charge is 0.336 e. The number of anilines is 1. The van der Waals surface area contributed by atoms with Crippen molar-refractivity contribution < 1.29 is 14.3 Å². The smallest absolute Gasteiger partial charge is 0.293 e. The van der Waals surface area contributed by atoms with Crippen molar-refractivity contribution in [2.75, 3.05) is 5.32 Å². The van der Waals surface area contributed by atoms with Crippen LogP contribution in [0.2, 0.25) is 0 Å². The molecular weight excluding hydrogens is 397 g/mol. The minimum absolute atomic E-state index is 0.0783. The van der Waals surface area contributed by atoms with Gasteiger partial charge in [0.2, 0.25) is 11.5 Å². The third-order valence-electron chi connectivity index (χ3n) is 4.64. The minimum atomic E-state index is -3.84. The van der Waals surface area contributed by atoms with Crippen LogP contribution in [-0.4, -0.2) is 20.4 Å². The molecule has 7 heteroatoms. The Morgan fingerprint density at radius 3 is 2.23 bits per heavy atom.